The predicted octanol–water partition coefficient (Wildman–Crippen LogP) is 8.11. The molecule has 0 aliphatic carbocycles. The SMILES string of the molecule is CC1(C)c2ccccc2N(c2ccc3nc4c(nc3c2)sc2ccccc24)c2ccccc21. The molecule has 0 fully saturated rings. The normalized spacial score (nSPS) is 14.5. The maximum absolute atomic E-state index is 5.04. The number of fused-ring (bicyclic) bond motifs is 6. The molecule has 33 heavy (non-hydrogen) atoms. The van der Waals surface area contributed by atoms with Crippen LogP contribution in [0.15, 0.2) is 91.0 Å². The fourth-order valence-corrected chi connectivity index (χ4v) is 6.24. The number of hydrogen-bond donors (Lipinski definition) is 0. The van der Waals surface area contributed by atoms with Gasteiger partial charge in [0.15, 0.2) is 0 Å². The van der Waals surface area contributed by atoms with Crippen LogP contribution >= 0.6 is 11.3 Å². The van der Waals surface area contributed by atoms with Gasteiger partial charge in [0, 0.05) is 21.2 Å². The summed E-state index contributed by atoms with van der Waals surface area (Å²) < 4.78 is 1.23. The lowest BCUT2D eigenvalue weighted by molar-refractivity contribution is 0.632. The van der Waals surface area contributed by atoms with Gasteiger partial charge in [-0.15, -0.1) is 11.3 Å². The van der Waals surface area contributed by atoms with Gasteiger partial charge < -0.3 is 4.90 Å². The van der Waals surface area contributed by atoms with Gasteiger partial charge in [-0.05, 0) is 47.5 Å². The number of benzene rings is 4. The van der Waals surface area contributed by atoms with E-state index < -0.39 is 0 Å². The molecular weight excluding hydrogens is 422 g/mol. The first kappa shape index (κ1) is 18.8. The summed E-state index contributed by atoms with van der Waals surface area (Å²) in [4.78, 5) is 13.4. The fraction of sp³-hybridized carbons (Fsp3) is 0.103. The van der Waals surface area contributed by atoms with Crippen molar-refractivity contribution in [3.8, 4) is 0 Å². The third-order valence-corrected chi connectivity index (χ3v) is 7.91. The van der Waals surface area contributed by atoms with E-state index in [4.69, 9.17) is 9.97 Å². The molecule has 0 saturated heterocycles. The standard InChI is InChI=1S/C29H21N3S/c1-29(2)20-10-4-6-12-24(20)32(25-13-7-5-11-21(25)29)18-15-16-22-23(17-18)31-28-27(30-22)19-9-3-8-14-26(19)33-28/h3-17H,1-2H3. The Hall–Kier alpha value is -3.76. The van der Waals surface area contributed by atoms with Gasteiger partial charge >= 0.3 is 0 Å². The number of rotatable bonds is 1. The van der Waals surface area contributed by atoms with Crippen LogP contribution in [-0.2, 0) is 5.41 Å². The highest BCUT2D eigenvalue weighted by molar-refractivity contribution is 7.25. The molecule has 0 unspecified atom stereocenters. The first-order valence-electron chi connectivity index (χ1n) is 11.2. The summed E-state index contributed by atoms with van der Waals surface area (Å²) in [5.74, 6) is 0. The van der Waals surface area contributed by atoms with Crippen LogP contribution in [0.3, 0.4) is 0 Å². The highest BCUT2D eigenvalue weighted by atomic mass is 32.1. The van der Waals surface area contributed by atoms with E-state index in [1.54, 1.807) is 11.3 Å². The van der Waals surface area contributed by atoms with Crippen LogP contribution in [0.4, 0.5) is 17.1 Å². The molecule has 6 aromatic rings. The molecule has 3 nitrogen and oxygen atoms in total. The lowest BCUT2D eigenvalue weighted by Gasteiger charge is -2.42. The van der Waals surface area contributed by atoms with Crippen molar-refractivity contribution in [1.29, 1.82) is 0 Å². The zero-order valence-electron chi connectivity index (χ0n) is 18.4. The molecule has 1 aliphatic rings. The highest BCUT2D eigenvalue weighted by Gasteiger charge is 2.36. The molecule has 0 saturated carbocycles. The molecule has 0 amide bonds. The highest BCUT2D eigenvalue weighted by Crippen LogP contribution is 2.51. The predicted molar refractivity (Wildman–Crippen MR) is 139 cm³/mol. The van der Waals surface area contributed by atoms with E-state index in [0.29, 0.717) is 0 Å². The molecule has 0 atom stereocenters. The van der Waals surface area contributed by atoms with Crippen LogP contribution in [-0.4, -0.2) is 9.97 Å². The Morgan fingerprint density at radius 1 is 0.697 bits per heavy atom. The van der Waals surface area contributed by atoms with E-state index in [1.807, 2.05) is 0 Å². The molecule has 1 aliphatic heterocycles. The zero-order chi connectivity index (χ0) is 22.2. The summed E-state index contributed by atoms with van der Waals surface area (Å²) in [6.07, 6.45) is 0. The quantitative estimate of drug-likeness (QED) is 0.257. The lowest BCUT2D eigenvalue weighted by Crippen LogP contribution is -2.30. The van der Waals surface area contributed by atoms with Gasteiger partial charge in [0.05, 0.1) is 22.4 Å². The topological polar surface area (TPSA) is 29.0 Å². The first-order chi connectivity index (χ1) is 16.1. The second-order valence-electron chi connectivity index (χ2n) is 9.14. The smallest absolute Gasteiger partial charge is 0.143 e. The van der Waals surface area contributed by atoms with Crippen LogP contribution in [0.2, 0.25) is 0 Å². The minimum atomic E-state index is -0.0659. The molecule has 0 N–H and O–H groups in total. The van der Waals surface area contributed by atoms with Crippen molar-refractivity contribution in [3.63, 3.8) is 0 Å². The summed E-state index contributed by atoms with van der Waals surface area (Å²) >= 11 is 1.71. The maximum atomic E-state index is 5.04. The van der Waals surface area contributed by atoms with Gasteiger partial charge in [0.2, 0.25) is 0 Å². The second-order valence-corrected chi connectivity index (χ2v) is 10.2. The van der Waals surface area contributed by atoms with Crippen LogP contribution in [0.1, 0.15) is 25.0 Å². The molecular formula is C29H21N3S. The molecule has 158 valence electrons. The molecule has 3 heterocycles. The van der Waals surface area contributed by atoms with E-state index in [0.717, 1.165) is 27.1 Å². The number of anilines is 3. The Balaban J connectivity index is 1.48. The Kier molecular flexibility index (Phi) is 3.77. The van der Waals surface area contributed by atoms with Crippen molar-refractivity contribution < 1.29 is 0 Å². The van der Waals surface area contributed by atoms with Crippen LogP contribution in [0.25, 0.3) is 31.5 Å². The van der Waals surface area contributed by atoms with Crippen LogP contribution < -0.4 is 4.90 Å². The maximum Gasteiger partial charge on any atom is 0.143 e. The number of para-hydroxylation sites is 2. The Morgan fingerprint density at radius 3 is 2.12 bits per heavy atom. The van der Waals surface area contributed by atoms with Crippen LogP contribution in [0, 0.1) is 0 Å². The van der Waals surface area contributed by atoms with Crippen molar-refractivity contribution >= 4 is 59.9 Å². The van der Waals surface area contributed by atoms with Gasteiger partial charge in [-0.25, -0.2) is 9.97 Å². The summed E-state index contributed by atoms with van der Waals surface area (Å²) in [6.45, 7) is 4.62. The lowest BCUT2D eigenvalue weighted by atomic mass is 9.73. The third kappa shape index (κ3) is 2.61. The van der Waals surface area contributed by atoms with Crippen molar-refractivity contribution in [2.24, 2.45) is 0 Å². The second kappa shape index (κ2) is 6.63. The molecule has 4 aromatic carbocycles. The minimum Gasteiger partial charge on any atom is -0.310 e. The van der Waals surface area contributed by atoms with E-state index in [1.165, 1.54) is 32.6 Å². The average Bonchev–Trinajstić information content (AvgIpc) is 3.20. The number of nitrogens with zero attached hydrogens (tertiary/aromatic N) is 3. The molecule has 7 rings (SSSR count). The van der Waals surface area contributed by atoms with Crippen molar-refractivity contribution in [1.82, 2.24) is 9.97 Å². The molecule has 0 bridgehead atoms. The number of thiophene rings is 1. The van der Waals surface area contributed by atoms with Crippen molar-refractivity contribution in [2.45, 2.75) is 19.3 Å². The fourth-order valence-electron chi connectivity index (χ4n) is 5.21. The number of aromatic nitrogens is 2. The van der Waals surface area contributed by atoms with Crippen LogP contribution in [0.5, 0.6) is 0 Å². The van der Waals surface area contributed by atoms with Gasteiger partial charge in [0.1, 0.15) is 10.3 Å². The number of hydrogen-bond acceptors (Lipinski definition) is 4. The van der Waals surface area contributed by atoms with E-state index >= 15 is 0 Å². The molecule has 0 spiro atoms. The third-order valence-electron chi connectivity index (χ3n) is 6.86. The van der Waals surface area contributed by atoms with E-state index in [-0.39, 0.29) is 5.41 Å². The summed E-state index contributed by atoms with van der Waals surface area (Å²) in [6, 6.07) is 32.3. The van der Waals surface area contributed by atoms with Gasteiger partial charge in [-0.2, -0.15) is 0 Å². The van der Waals surface area contributed by atoms with Gasteiger partial charge in [0.25, 0.3) is 0 Å². The van der Waals surface area contributed by atoms with Crippen molar-refractivity contribution in [3.05, 3.63) is 102 Å². The average molecular weight is 444 g/mol. The monoisotopic (exact) mass is 443 g/mol. The van der Waals surface area contributed by atoms with Crippen molar-refractivity contribution in [2.75, 3.05) is 4.90 Å². The molecule has 0 radical (unpaired) electrons. The van der Waals surface area contributed by atoms with E-state index in [9.17, 15) is 0 Å². The zero-order valence-corrected chi connectivity index (χ0v) is 19.2. The van der Waals surface area contributed by atoms with E-state index in [2.05, 4.69) is 110 Å². The summed E-state index contributed by atoms with van der Waals surface area (Å²) in [5, 5.41) is 1.18. The van der Waals surface area contributed by atoms with Gasteiger partial charge in [-0.1, -0.05) is 68.4 Å². The Bertz CT molecular complexity index is 1660. The Morgan fingerprint density at radius 2 is 1.36 bits per heavy atom. The molecule has 2 aromatic heterocycles. The van der Waals surface area contributed by atoms with Gasteiger partial charge in [-0.3, -0.25) is 0 Å². The largest absolute Gasteiger partial charge is 0.310 e. The summed E-state index contributed by atoms with van der Waals surface area (Å²) in [7, 11) is 0. The Labute approximate surface area is 196 Å². The minimum absolute atomic E-state index is 0.0659. The first-order valence-corrected chi connectivity index (χ1v) is 12.0. The molecule has 4 heteroatoms. The summed E-state index contributed by atoms with van der Waals surface area (Å²) in [5.41, 5.74) is 8.97.